The van der Waals surface area contributed by atoms with Gasteiger partial charge in [-0.2, -0.15) is 0 Å². The lowest BCUT2D eigenvalue weighted by Gasteiger charge is -2.32. The Hall–Kier alpha value is -1.72. The highest BCUT2D eigenvalue weighted by Crippen LogP contribution is 2.20. The molecule has 0 saturated carbocycles. The topological polar surface area (TPSA) is 69.6 Å². The first kappa shape index (κ1) is 15.7. The van der Waals surface area contributed by atoms with Gasteiger partial charge in [0.1, 0.15) is 0 Å². The fraction of sp³-hybridized carbons (Fsp3) is 0.500. The Morgan fingerprint density at radius 1 is 1.29 bits per heavy atom. The first-order valence-corrected chi connectivity index (χ1v) is 7.36. The fourth-order valence-corrected chi connectivity index (χ4v) is 2.62. The molecular weight excluding hydrogens is 268 g/mol. The number of carbonyl (C=O) groups is 2. The molecule has 1 aromatic carbocycles. The zero-order valence-electron chi connectivity index (χ0n) is 12.3. The molecule has 0 aromatic heterocycles. The summed E-state index contributed by atoms with van der Waals surface area (Å²) in [7, 11) is 0. The Bertz CT molecular complexity index is 480. The number of hydrogen-bond acceptors (Lipinski definition) is 4. The number of nitrogens with zero attached hydrogens (tertiary/aromatic N) is 1. The molecule has 0 aliphatic carbocycles. The molecule has 1 heterocycles. The highest BCUT2D eigenvalue weighted by atomic mass is 16.3. The van der Waals surface area contributed by atoms with Crippen LogP contribution in [0.25, 0.3) is 0 Å². The van der Waals surface area contributed by atoms with Crippen LogP contribution in [0.4, 0.5) is 0 Å². The van der Waals surface area contributed by atoms with E-state index in [1.807, 2.05) is 17.9 Å². The molecule has 2 amide bonds. The van der Waals surface area contributed by atoms with E-state index in [1.165, 1.54) is 0 Å². The van der Waals surface area contributed by atoms with Crippen molar-refractivity contribution in [3.63, 3.8) is 0 Å². The Labute approximate surface area is 125 Å². The number of carbonyl (C=O) groups excluding carboxylic acids is 2. The second-order valence-corrected chi connectivity index (χ2v) is 5.60. The fourth-order valence-electron chi connectivity index (χ4n) is 2.62. The van der Waals surface area contributed by atoms with Gasteiger partial charge in [-0.25, -0.2) is 0 Å². The van der Waals surface area contributed by atoms with Crippen LogP contribution in [0.3, 0.4) is 0 Å². The van der Waals surface area contributed by atoms with Gasteiger partial charge in [-0.15, -0.1) is 0 Å². The number of aliphatic hydroxyl groups is 1. The molecule has 5 heteroatoms. The summed E-state index contributed by atoms with van der Waals surface area (Å²) in [4.78, 5) is 25.8. The molecule has 0 spiro atoms. The molecule has 21 heavy (non-hydrogen) atoms. The monoisotopic (exact) mass is 290 g/mol. The van der Waals surface area contributed by atoms with Crippen LogP contribution in [-0.2, 0) is 4.79 Å². The van der Waals surface area contributed by atoms with Crippen LogP contribution in [0.5, 0.6) is 0 Å². The molecule has 2 rings (SSSR count). The van der Waals surface area contributed by atoms with Gasteiger partial charge in [-0.3, -0.25) is 19.8 Å². The van der Waals surface area contributed by atoms with Crippen LogP contribution < -0.4 is 5.32 Å². The molecule has 2 N–H and O–H groups in total. The van der Waals surface area contributed by atoms with Crippen molar-refractivity contribution in [2.45, 2.75) is 25.9 Å². The van der Waals surface area contributed by atoms with Crippen LogP contribution >= 0.6 is 0 Å². The predicted molar refractivity (Wildman–Crippen MR) is 79.8 cm³/mol. The summed E-state index contributed by atoms with van der Waals surface area (Å²) in [6, 6.07) is 8.71. The van der Waals surface area contributed by atoms with E-state index in [9.17, 15) is 14.7 Å². The summed E-state index contributed by atoms with van der Waals surface area (Å²) < 4.78 is 0. The van der Waals surface area contributed by atoms with Crippen molar-refractivity contribution in [2.75, 3.05) is 19.6 Å². The summed E-state index contributed by atoms with van der Waals surface area (Å²) in [6.07, 6.45) is 1.48. The van der Waals surface area contributed by atoms with Gasteiger partial charge in [-0.05, 0) is 50.9 Å². The standard InChI is InChI=1S/C16H22N2O3/c1-12(19)13-7-9-18(10-8-13)11-15(20)17-16(21)14-5-3-2-4-6-14/h2-6,12-13,19H,7-11H2,1H3,(H,17,20,21). The molecule has 1 aliphatic heterocycles. The quantitative estimate of drug-likeness (QED) is 0.869. The third-order valence-corrected chi connectivity index (χ3v) is 3.97. The zero-order valence-corrected chi connectivity index (χ0v) is 12.3. The molecule has 0 bridgehead atoms. The summed E-state index contributed by atoms with van der Waals surface area (Å²) >= 11 is 0. The van der Waals surface area contributed by atoms with E-state index in [1.54, 1.807) is 24.3 Å². The number of amides is 2. The van der Waals surface area contributed by atoms with E-state index in [-0.39, 0.29) is 24.5 Å². The van der Waals surface area contributed by atoms with Gasteiger partial charge < -0.3 is 5.11 Å². The van der Waals surface area contributed by atoms with Crippen LogP contribution in [0.1, 0.15) is 30.1 Å². The van der Waals surface area contributed by atoms with Crippen molar-refractivity contribution in [1.29, 1.82) is 0 Å². The molecule has 1 aliphatic rings. The minimum Gasteiger partial charge on any atom is -0.393 e. The van der Waals surface area contributed by atoms with E-state index in [2.05, 4.69) is 5.32 Å². The Kier molecular flexibility index (Phi) is 5.47. The lowest BCUT2D eigenvalue weighted by Crippen LogP contribution is -2.44. The maximum Gasteiger partial charge on any atom is 0.257 e. The number of imide groups is 1. The van der Waals surface area contributed by atoms with Gasteiger partial charge in [0.25, 0.3) is 5.91 Å². The average molecular weight is 290 g/mol. The number of hydrogen-bond donors (Lipinski definition) is 2. The number of rotatable bonds is 4. The Morgan fingerprint density at radius 3 is 2.48 bits per heavy atom. The van der Waals surface area contributed by atoms with Crippen LogP contribution in [0.2, 0.25) is 0 Å². The molecule has 114 valence electrons. The van der Waals surface area contributed by atoms with E-state index >= 15 is 0 Å². The van der Waals surface area contributed by atoms with Gasteiger partial charge >= 0.3 is 0 Å². The van der Waals surface area contributed by atoms with Crippen LogP contribution in [0.15, 0.2) is 30.3 Å². The van der Waals surface area contributed by atoms with E-state index < -0.39 is 0 Å². The van der Waals surface area contributed by atoms with Gasteiger partial charge in [0, 0.05) is 5.56 Å². The van der Waals surface area contributed by atoms with Crippen molar-refractivity contribution in [3.8, 4) is 0 Å². The minimum absolute atomic E-state index is 0.227. The third-order valence-electron chi connectivity index (χ3n) is 3.97. The number of benzene rings is 1. The van der Waals surface area contributed by atoms with Gasteiger partial charge in [0.15, 0.2) is 0 Å². The normalized spacial score (nSPS) is 18.2. The van der Waals surface area contributed by atoms with Crippen molar-refractivity contribution >= 4 is 11.8 Å². The highest BCUT2D eigenvalue weighted by molar-refractivity contribution is 6.05. The molecule has 1 saturated heterocycles. The average Bonchev–Trinajstić information content (AvgIpc) is 2.48. The second kappa shape index (κ2) is 7.33. The summed E-state index contributed by atoms with van der Waals surface area (Å²) in [5.74, 6) is -0.325. The van der Waals surface area contributed by atoms with Crippen LogP contribution in [0, 0.1) is 5.92 Å². The van der Waals surface area contributed by atoms with Crippen LogP contribution in [-0.4, -0.2) is 47.6 Å². The van der Waals surface area contributed by atoms with Crippen molar-refractivity contribution in [3.05, 3.63) is 35.9 Å². The molecule has 5 nitrogen and oxygen atoms in total. The number of aliphatic hydroxyl groups excluding tert-OH is 1. The number of likely N-dealkylation sites (tertiary alicyclic amines) is 1. The predicted octanol–water partition coefficient (Wildman–Crippen LogP) is 1.04. The Balaban J connectivity index is 1.77. The zero-order chi connectivity index (χ0) is 15.2. The van der Waals surface area contributed by atoms with E-state index in [4.69, 9.17) is 0 Å². The van der Waals surface area contributed by atoms with Crippen molar-refractivity contribution < 1.29 is 14.7 Å². The first-order valence-electron chi connectivity index (χ1n) is 7.36. The second-order valence-electron chi connectivity index (χ2n) is 5.60. The maximum atomic E-state index is 11.9. The van der Waals surface area contributed by atoms with Gasteiger partial charge in [0.2, 0.25) is 5.91 Å². The van der Waals surface area contributed by atoms with Crippen molar-refractivity contribution in [2.24, 2.45) is 5.92 Å². The molecule has 0 radical (unpaired) electrons. The highest BCUT2D eigenvalue weighted by Gasteiger charge is 2.24. The molecule has 1 unspecified atom stereocenters. The van der Waals surface area contributed by atoms with Crippen molar-refractivity contribution in [1.82, 2.24) is 10.2 Å². The Morgan fingerprint density at radius 2 is 1.90 bits per heavy atom. The number of nitrogens with one attached hydrogen (secondary N) is 1. The molecular formula is C16H22N2O3. The maximum absolute atomic E-state index is 11.9. The summed E-state index contributed by atoms with van der Waals surface area (Å²) in [5, 5.41) is 12.0. The van der Waals surface area contributed by atoms with Gasteiger partial charge in [-0.1, -0.05) is 18.2 Å². The lowest BCUT2D eigenvalue weighted by atomic mass is 9.92. The minimum atomic E-state index is -0.362. The SMILES string of the molecule is CC(O)C1CCN(CC(=O)NC(=O)c2ccccc2)CC1. The van der Waals surface area contributed by atoms with Gasteiger partial charge in [0.05, 0.1) is 12.6 Å². The smallest absolute Gasteiger partial charge is 0.257 e. The summed E-state index contributed by atoms with van der Waals surface area (Å²) in [5.41, 5.74) is 0.485. The molecule has 1 aromatic rings. The lowest BCUT2D eigenvalue weighted by molar-refractivity contribution is -0.121. The number of piperidine rings is 1. The van der Waals surface area contributed by atoms with E-state index in [0.717, 1.165) is 25.9 Å². The summed E-state index contributed by atoms with van der Waals surface area (Å²) in [6.45, 7) is 3.60. The largest absolute Gasteiger partial charge is 0.393 e. The molecule has 1 atom stereocenters. The molecule has 1 fully saturated rings. The first-order chi connectivity index (χ1) is 10.1. The third kappa shape index (κ3) is 4.65. The van der Waals surface area contributed by atoms with E-state index in [0.29, 0.717) is 11.5 Å².